The van der Waals surface area contributed by atoms with Crippen LogP contribution >= 0.6 is 23.2 Å². The number of ether oxygens (including phenoxy) is 2. The highest BCUT2D eigenvalue weighted by Crippen LogP contribution is 2.27. The van der Waals surface area contributed by atoms with Crippen molar-refractivity contribution in [1.29, 1.82) is 0 Å². The second-order valence-electron chi connectivity index (χ2n) is 5.55. The number of nitrogens with one attached hydrogen (secondary N) is 1. The molecule has 0 spiro atoms. The van der Waals surface area contributed by atoms with E-state index in [1.54, 1.807) is 23.1 Å². The lowest BCUT2D eigenvalue weighted by Crippen LogP contribution is -2.47. The van der Waals surface area contributed by atoms with Crippen LogP contribution in [-0.2, 0) is 9.53 Å². The normalized spacial score (nSPS) is 14.7. The lowest BCUT2D eigenvalue weighted by atomic mass is 10.1. The zero-order valence-electron chi connectivity index (χ0n) is 13.7. The van der Waals surface area contributed by atoms with Crippen LogP contribution in [0.1, 0.15) is 12.8 Å². The maximum absolute atomic E-state index is 12.2. The fourth-order valence-electron chi connectivity index (χ4n) is 2.44. The standard InChI is InChI=1S/C17H20Cl2N2O4/c1-2-9-24-17(23)20-13-5-7-21(8-6-13)16(22)11-25-15-4-3-12(18)10-14(15)19/h2-4,10,13H,1,5-9,11H2,(H,20,23). The third kappa shape index (κ3) is 6.14. The Labute approximate surface area is 156 Å². The summed E-state index contributed by atoms with van der Waals surface area (Å²) in [6.45, 7) is 4.65. The monoisotopic (exact) mass is 386 g/mol. The molecule has 1 aliphatic heterocycles. The van der Waals surface area contributed by atoms with Gasteiger partial charge in [0, 0.05) is 24.2 Å². The van der Waals surface area contributed by atoms with Gasteiger partial charge in [-0.15, -0.1) is 0 Å². The number of nitrogens with zero attached hydrogens (tertiary/aromatic N) is 1. The molecule has 0 saturated carbocycles. The molecular weight excluding hydrogens is 367 g/mol. The van der Waals surface area contributed by atoms with Crippen LogP contribution in [-0.4, -0.2) is 49.2 Å². The third-order valence-electron chi connectivity index (χ3n) is 3.75. The fourth-order valence-corrected chi connectivity index (χ4v) is 2.90. The van der Waals surface area contributed by atoms with Gasteiger partial charge in [-0.05, 0) is 31.0 Å². The lowest BCUT2D eigenvalue weighted by molar-refractivity contribution is -0.134. The Morgan fingerprint density at radius 1 is 1.32 bits per heavy atom. The Balaban J connectivity index is 1.73. The number of likely N-dealkylation sites (tertiary alicyclic amines) is 1. The van der Waals surface area contributed by atoms with E-state index in [2.05, 4.69) is 11.9 Å². The van der Waals surface area contributed by atoms with Crippen LogP contribution in [0.4, 0.5) is 4.79 Å². The van der Waals surface area contributed by atoms with E-state index in [9.17, 15) is 9.59 Å². The second-order valence-corrected chi connectivity index (χ2v) is 6.39. The van der Waals surface area contributed by atoms with Gasteiger partial charge in [0.05, 0.1) is 5.02 Å². The molecule has 2 rings (SSSR count). The number of carbonyl (C=O) groups excluding carboxylic acids is 2. The van der Waals surface area contributed by atoms with Crippen LogP contribution in [0.3, 0.4) is 0 Å². The van der Waals surface area contributed by atoms with E-state index < -0.39 is 6.09 Å². The van der Waals surface area contributed by atoms with Crippen molar-refractivity contribution in [2.75, 3.05) is 26.3 Å². The van der Waals surface area contributed by atoms with Crippen molar-refractivity contribution in [1.82, 2.24) is 10.2 Å². The largest absolute Gasteiger partial charge is 0.482 e. The Hall–Kier alpha value is -1.92. The topological polar surface area (TPSA) is 67.9 Å². The number of halogens is 2. The molecule has 1 aromatic carbocycles. The zero-order valence-corrected chi connectivity index (χ0v) is 15.2. The molecule has 1 fully saturated rings. The number of rotatable bonds is 6. The summed E-state index contributed by atoms with van der Waals surface area (Å²) >= 11 is 11.8. The van der Waals surface area contributed by atoms with E-state index in [0.29, 0.717) is 41.7 Å². The molecule has 6 nitrogen and oxygen atoms in total. The van der Waals surface area contributed by atoms with Gasteiger partial charge in [-0.3, -0.25) is 4.79 Å². The number of piperidine rings is 1. The molecule has 2 amide bonds. The summed E-state index contributed by atoms with van der Waals surface area (Å²) in [7, 11) is 0. The summed E-state index contributed by atoms with van der Waals surface area (Å²) in [6, 6.07) is 4.83. The smallest absolute Gasteiger partial charge is 0.407 e. The number of hydrogen-bond donors (Lipinski definition) is 1. The van der Waals surface area contributed by atoms with Gasteiger partial charge in [-0.25, -0.2) is 4.79 Å². The van der Waals surface area contributed by atoms with E-state index in [1.807, 2.05) is 0 Å². The highest BCUT2D eigenvalue weighted by atomic mass is 35.5. The Morgan fingerprint density at radius 3 is 2.68 bits per heavy atom. The zero-order chi connectivity index (χ0) is 18.2. The molecule has 8 heteroatoms. The van der Waals surface area contributed by atoms with E-state index >= 15 is 0 Å². The summed E-state index contributed by atoms with van der Waals surface area (Å²) in [5, 5.41) is 3.64. The van der Waals surface area contributed by atoms with Crippen LogP contribution in [0.5, 0.6) is 5.75 Å². The summed E-state index contributed by atoms with van der Waals surface area (Å²) in [5.41, 5.74) is 0. The first-order valence-electron chi connectivity index (χ1n) is 7.89. The minimum Gasteiger partial charge on any atom is -0.482 e. The number of amides is 2. The quantitative estimate of drug-likeness (QED) is 0.761. The van der Waals surface area contributed by atoms with Gasteiger partial charge < -0.3 is 19.7 Å². The van der Waals surface area contributed by atoms with E-state index in [1.165, 1.54) is 6.08 Å². The molecule has 0 unspecified atom stereocenters. The van der Waals surface area contributed by atoms with Crippen molar-refractivity contribution in [2.24, 2.45) is 0 Å². The number of hydrogen-bond acceptors (Lipinski definition) is 4. The lowest BCUT2D eigenvalue weighted by Gasteiger charge is -2.32. The molecule has 0 aromatic heterocycles. The van der Waals surface area contributed by atoms with Gasteiger partial charge in [-0.2, -0.15) is 0 Å². The summed E-state index contributed by atoms with van der Waals surface area (Å²) < 4.78 is 10.3. The molecule has 1 N–H and O–H groups in total. The SMILES string of the molecule is C=CCOC(=O)NC1CCN(C(=O)COc2ccc(Cl)cc2Cl)CC1. The van der Waals surface area contributed by atoms with Gasteiger partial charge in [0.2, 0.25) is 0 Å². The summed E-state index contributed by atoms with van der Waals surface area (Å²) in [5.74, 6) is 0.291. The van der Waals surface area contributed by atoms with Crippen LogP contribution in [0.15, 0.2) is 30.9 Å². The molecule has 0 atom stereocenters. The number of alkyl carbamates (subject to hydrolysis) is 1. The molecule has 136 valence electrons. The molecule has 0 bridgehead atoms. The Morgan fingerprint density at radius 2 is 2.04 bits per heavy atom. The highest BCUT2D eigenvalue weighted by molar-refractivity contribution is 6.35. The molecule has 1 saturated heterocycles. The van der Waals surface area contributed by atoms with Crippen LogP contribution in [0, 0.1) is 0 Å². The van der Waals surface area contributed by atoms with Crippen LogP contribution in [0.25, 0.3) is 0 Å². The average molecular weight is 387 g/mol. The van der Waals surface area contributed by atoms with Gasteiger partial charge in [0.1, 0.15) is 12.4 Å². The van der Waals surface area contributed by atoms with Crippen LogP contribution < -0.4 is 10.1 Å². The summed E-state index contributed by atoms with van der Waals surface area (Å²) in [6.07, 6.45) is 2.37. The van der Waals surface area contributed by atoms with Crippen molar-refractivity contribution < 1.29 is 19.1 Å². The van der Waals surface area contributed by atoms with E-state index in [4.69, 9.17) is 32.7 Å². The van der Waals surface area contributed by atoms with Gasteiger partial charge in [0.15, 0.2) is 6.61 Å². The number of benzene rings is 1. The second kappa shape index (κ2) is 9.53. The van der Waals surface area contributed by atoms with E-state index in [-0.39, 0.29) is 25.2 Å². The first-order valence-corrected chi connectivity index (χ1v) is 8.65. The highest BCUT2D eigenvalue weighted by Gasteiger charge is 2.24. The molecule has 0 aliphatic carbocycles. The molecule has 0 radical (unpaired) electrons. The van der Waals surface area contributed by atoms with Crippen LogP contribution in [0.2, 0.25) is 10.0 Å². The number of carbonyl (C=O) groups is 2. The first-order chi connectivity index (χ1) is 12.0. The molecule has 1 aliphatic rings. The molecular formula is C17H20Cl2N2O4. The fraction of sp³-hybridized carbons (Fsp3) is 0.412. The van der Waals surface area contributed by atoms with Crippen molar-refractivity contribution >= 4 is 35.2 Å². The Kier molecular flexibility index (Phi) is 7.40. The van der Waals surface area contributed by atoms with Gasteiger partial charge in [-0.1, -0.05) is 35.9 Å². The first kappa shape index (κ1) is 19.4. The van der Waals surface area contributed by atoms with Crippen molar-refractivity contribution in [3.8, 4) is 5.75 Å². The predicted molar refractivity (Wildman–Crippen MR) is 96.2 cm³/mol. The molecule has 25 heavy (non-hydrogen) atoms. The van der Waals surface area contributed by atoms with Crippen molar-refractivity contribution in [2.45, 2.75) is 18.9 Å². The minimum absolute atomic E-state index is 0.00649. The Bertz CT molecular complexity index is 631. The maximum Gasteiger partial charge on any atom is 0.407 e. The average Bonchev–Trinajstić information content (AvgIpc) is 2.59. The predicted octanol–water partition coefficient (Wildman–Crippen LogP) is 3.28. The molecule has 1 heterocycles. The van der Waals surface area contributed by atoms with Gasteiger partial charge >= 0.3 is 6.09 Å². The molecule has 1 aromatic rings. The van der Waals surface area contributed by atoms with Gasteiger partial charge in [0.25, 0.3) is 5.91 Å². The minimum atomic E-state index is -0.467. The third-order valence-corrected chi connectivity index (χ3v) is 4.28. The summed E-state index contributed by atoms with van der Waals surface area (Å²) in [4.78, 5) is 25.4. The van der Waals surface area contributed by atoms with Crippen molar-refractivity contribution in [3.63, 3.8) is 0 Å². The maximum atomic E-state index is 12.2. The van der Waals surface area contributed by atoms with Crippen molar-refractivity contribution in [3.05, 3.63) is 40.9 Å². The van der Waals surface area contributed by atoms with E-state index in [0.717, 1.165) is 0 Å².